The number of rotatable bonds is 2. The van der Waals surface area contributed by atoms with E-state index < -0.39 is 0 Å². The Morgan fingerprint density at radius 2 is 1.50 bits per heavy atom. The van der Waals surface area contributed by atoms with Gasteiger partial charge in [0, 0.05) is 19.1 Å². The monoisotopic (exact) mass is 292 g/mol. The van der Waals surface area contributed by atoms with Gasteiger partial charge in [0.25, 0.3) is 0 Å². The zero-order valence-corrected chi connectivity index (χ0v) is 13.3. The smallest absolute Gasteiger partial charge is 0.0607 e. The van der Waals surface area contributed by atoms with Crippen LogP contribution < -0.4 is 5.32 Å². The quantitative estimate of drug-likeness (QED) is 0.914. The van der Waals surface area contributed by atoms with E-state index in [1.807, 2.05) is 0 Å². The molecule has 1 aliphatic carbocycles. The van der Waals surface area contributed by atoms with Gasteiger partial charge < -0.3 is 5.32 Å². The van der Waals surface area contributed by atoms with Crippen LogP contribution in [0.3, 0.4) is 0 Å². The highest BCUT2D eigenvalue weighted by Crippen LogP contribution is 2.38. The number of aryl methyl sites for hydroxylation is 2. The fourth-order valence-corrected chi connectivity index (χ4v) is 4.14. The Morgan fingerprint density at radius 3 is 2.05 bits per heavy atom. The molecule has 2 nitrogen and oxygen atoms in total. The molecular weight excluding hydrogens is 268 g/mol. The Hall–Kier alpha value is -1.64. The van der Waals surface area contributed by atoms with Gasteiger partial charge in [0.1, 0.15) is 0 Å². The minimum atomic E-state index is 0.424. The van der Waals surface area contributed by atoms with Crippen LogP contribution >= 0.6 is 0 Å². The molecule has 1 fully saturated rings. The molecule has 1 N–H and O–H groups in total. The lowest BCUT2D eigenvalue weighted by Gasteiger charge is -2.30. The Bertz CT molecular complexity index is 617. The maximum absolute atomic E-state index is 3.45. The maximum atomic E-state index is 3.45. The second-order valence-electron chi connectivity index (χ2n) is 6.57. The van der Waals surface area contributed by atoms with Crippen LogP contribution in [0.15, 0.2) is 48.5 Å². The van der Waals surface area contributed by atoms with Crippen LogP contribution in [0, 0.1) is 0 Å². The lowest BCUT2D eigenvalue weighted by atomic mass is 9.93. The summed E-state index contributed by atoms with van der Waals surface area (Å²) in [5.74, 6) is 0. The first kappa shape index (κ1) is 14.0. The second kappa shape index (κ2) is 5.86. The van der Waals surface area contributed by atoms with Gasteiger partial charge in [0.05, 0.1) is 6.04 Å². The Morgan fingerprint density at radius 1 is 0.909 bits per heavy atom. The van der Waals surface area contributed by atoms with Gasteiger partial charge in [0.2, 0.25) is 0 Å². The van der Waals surface area contributed by atoms with E-state index in [-0.39, 0.29) is 0 Å². The number of nitrogens with one attached hydrogen (secondary N) is 1. The zero-order valence-electron chi connectivity index (χ0n) is 13.3. The highest BCUT2D eigenvalue weighted by atomic mass is 15.2. The molecule has 1 heterocycles. The van der Waals surface area contributed by atoms with Crippen LogP contribution in [0.5, 0.6) is 0 Å². The molecule has 1 saturated heterocycles. The first-order valence-corrected chi connectivity index (χ1v) is 8.43. The number of hydrogen-bond donors (Lipinski definition) is 1. The summed E-state index contributed by atoms with van der Waals surface area (Å²) in [6.07, 6.45) is 3.57. The van der Waals surface area contributed by atoms with Gasteiger partial charge in [-0.15, -0.1) is 0 Å². The number of hydrogen-bond acceptors (Lipinski definition) is 2. The summed E-state index contributed by atoms with van der Waals surface area (Å²) in [4.78, 5) is 2.67. The van der Waals surface area contributed by atoms with Crippen LogP contribution in [0.2, 0.25) is 0 Å². The Kier molecular flexibility index (Phi) is 3.73. The molecule has 2 heteroatoms. The van der Waals surface area contributed by atoms with Gasteiger partial charge in [-0.25, -0.2) is 0 Å². The van der Waals surface area contributed by atoms with Gasteiger partial charge in [-0.3, -0.25) is 4.90 Å². The zero-order chi connectivity index (χ0) is 14.9. The third-order valence-corrected chi connectivity index (χ3v) is 5.36. The van der Waals surface area contributed by atoms with Crippen LogP contribution in [-0.4, -0.2) is 31.1 Å². The molecule has 0 bridgehead atoms. The molecule has 1 atom stereocenters. The molecule has 4 rings (SSSR count). The summed E-state index contributed by atoms with van der Waals surface area (Å²) < 4.78 is 0. The predicted octanol–water partition coefficient (Wildman–Crippen LogP) is 3.17. The Balaban J connectivity index is 1.81. The molecule has 0 radical (unpaired) electrons. The molecule has 0 unspecified atom stereocenters. The van der Waals surface area contributed by atoms with Crippen molar-refractivity contribution in [1.29, 1.82) is 0 Å². The van der Waals surface area contributed by atoms with Gasteiger partial charge in [-0.1, -0.05) is 48.5 Å². The van der Waals surface area contributed by atoms with E-state index >= 15 is 0 Å². The van der Waals surface area contributed by atoms with E-state index in [0.717, 1.165) is 19.4 Å². The highest BCUT2D eigenvalue weighted by Gasteiger charge is 2.32. The average molecular weight is 292 g/mol. The lowest BCUT2D eigenvalue weighted by Crippen LogP contribution is -2.33. The number of likely N-dealkylation sites (N-methyl/N-ethyl adjacent to an activating group) is 1. The summed E-state index contributed by atoms with van der Waals surface area (Å²) in [6, 6.07) is 19.1. The summed E-state index contributed by atoms with van der Waals surface area (Å²) in [5, 5.41) is 3.45. The molecule has 2 aromatic rings. The lowest BCUT2D eigenvalue weighted by molar-refractivity contribution is 0.273. The molecule has 22 heavy (non-hydrogen) atoms. The number of benzene rings is 2. The summed E-state index contributed by atoms with van der Waals surface area (Å²) >= 11 is 0. The molecule has 0 spiro atoms. The first-order chi connectivity index (χ1) is 10.9. The van der Waals surface area contributed by atoms with Gasteiger partial charge >= 0.3 is 0 Å². The normalized spacial score (nSPS) is 22.1. The van der Waals surface area contributed by atoms with E-state index in [4.69, 9.17) is 0 Å². The highest BCUT2D eigenvalue weighted by molar-refractivity contribution is 5.44. The molecule has 2 aromatic carbocycles. The Labute approximate surface area is 133 Å². The topological polar surface area (TPSA) is 15.3 Å². The third kappa shape index (κ3) is 2.37. The first-order valence-electron chi connectivity index (χ1n) is 8.43. The van der Waals surface area contributed by atoms with Crippen molar-refractivity contribution in [1.82, 2.24) is 10.2 Å². The van der Waals surface area contributed by atoms with Crippen molar-refractivity contribution in [3.8, 4) is 0 Å². The van der Waals surface area contributed by atoms with E-state index in [2.05, 4.69) is 65.8 Å². The predicted molar refractivity (Wildman–Crippen MR) is 91.2 cm³/mol. The van der Waals surface area contributed by atoms with E-state index in [9.17, 15) is 0 Å². The summed E-state index contributed by atoms with van der Waals surface area (Å²) in [5.41, 5.74) is 6.08. The molecule has 2 aliphatic rings. The molecule has 0 amide bonds. The van der Waals surface area contributed by atoms with Gasteiger partial charge in [-0.05, 0) is 48.6 Å². The van der Waals surface area contributed by atoms with E-state index in [1.165, 1.54) is 35.2 Å². The number of nitrogens with zero attached hydrogens (tertiary/aromatic N) is 1. The van der Waals surface area contributed by atoms with Crippen molar-refractivity contribution >= 4 is 0 Å². The van der Waals surface area contributed by atoms with E-state index in [0.29, 0.717) is 12.1 Å². The molecule has 0 saturated carbocycles. The van der Waals surface area contributed by atoms with Gasteiger partial charge in [0.15, 0.2) is 0 Å². The largest absolute Gasteiger partial charge is 0.316 e. The summed E-state index contributed by atoms with van der Waals surface area (Å²) in [6.45, 7) is 2.32. The average Bonchev–Trinajstić information content (AvgIpc) is 2.97. The van der Waals surface area contributed by atoms with Crippen LogP contribution in [0.4, 0.5) is 0 Å². The maximum Gasteiger partial charge on any atom is 0.0607 e. The van der Waals surface area contributed by atoms with Crippen molar-refractivity contribution in [2.75, 3.05) is 20.1 Å². The van der Waals surface area contributed by atoms with Crippen LogP contribution in [0.1, 0.15) is 34.7 Å². The van der Waals surface area contributed by atoms with E-state index in [1.54, 1.807) is 0 Å². The minimum absolute atomic E-state index is 0.424. The fraction of sp³-hybridized carbons (Fsp3) is 0.400. The SMILES string of the molecule is CN[C@@H]1CCN(C2c3ccccc3CCc3ccccc32)C1. The minimum Gasteiger partial charge on any atom is -0.316 e. The van der Waals surface area contributed by atoms with Crippen molar-refractivity contribution in [3.05, 3.63) is 70.8 Å². The molecular formula is C20H24N2. The third-order valence-electron chi connectivity index (χ3n) is 5.36. The second-order valence-corrected chi connectivity index (χ2v) is 6.57. The van der Waals surface area contributed by atoms with Crippen LogP contribution in [-0.2, 0) is 12.8 Å². The standard InChI is InChI=1S/C20H24N2/c1-21-17-12-13-22(14-17)20-18-8-4-2-6-15(18)10-11-16-7-3-5-9-19(16)20/h2-9,17,20-21H,10-14H2,1H3/t17-/m1/s1. The molecule has 1 aliphatic heterocycles. The van der Waals surface area contributed by atoms with Crippen molar-refractivity contribution in [2.45, 2.75) is 31.3 Å². The fourth-order valence-electron chi connectivity index (χ4n) is 4.14. The van der Waals surface area contributed by atoms with Crippen molar-refractivity contribution in [3.63, 3.8) is 0 Å². The molecule has 114 valence electrons. The van der Waals surface area contributed by atoms with Crippen molar-refractivity contribution < 1.29 is 0 Å². The number of likely N-dealkylation sites (tertiary alicyclic amines) is 1. The number of fused-ring (bicyclic) bond motifs is 2. The van der Waals surface area contributed by atoms with Crippen LogP contribution in [0.25, 0.3) is 0 Å². The van der Waals surface area contributed by atoms with Gasteiger partial charge in [-0.2, -0.15) is 0 Å². The molecule has 0 aromatic heterocycles. The van der Waals surface area contributed by atoms with Crippen molar-refractivity contribution in [2.24, 2.45) is 0 Å². The summed E-state index contributed by atoms with van der Waals surface area (Å²) in [7, 11) is 2.09.